The number of hydrogen-bond acceptors (Lipinski definition) is 4. The van der Waals surface area contributed by atoms with Gasteiger partial charge in [0.05, 0.1) is 6.61 Å². The Morgan fingerprint density at radius 1 is 0.960 bits per heavy atom. The molecule has 0 aliphatic heterocycles. The van der Waals surface area contributed by atoms with Gasteiger partial charge in [0, 0.05) is 12.7 Å². The second-order valence-corrected chi connectivity index (χ2v) is 5.67. The van der Waals surface area contributed by atoms with Crippen LogP contribution in [0.4, 0.5) is 0 Å². The van der Waals surface area contributed by atoms with Crippen LogP contribution in [0.1, 0.15) is 27.0 Å². The molecule has 0 saturated carbocycles. The third-order valence-corrected chi connectivity index (χ3v) is 3.69. The van der Waals surface area contributed by atoms with Crippen LogP contribution in [0.15, 0.2) is 42.5 Å². The van der Waals surface area contributed by atoms with Gasteiger partial charge >= 0.3 is 0 Å². The maximum Gasteiger partial charge on any atom is 0.276 e. The smallest absolute Gasteiger partial charge is 0.276 e. The molecule has 2 amide bonds. The van der Waals surface area contributed by atoms with Crippen LogP contribution in [0.2, 0.25) is 0 Å². The first-order valence-electron chi connectivity index (χ1n) is 7.86. The fourth-order valence-electron chi connectivity index (χ4n) is 2.11. The number of hydrazine groups is 1. The van der Waals surface area contributed by atoms with Gasteiger partial charge < -0.3 is 9.47 Å². The molecule has 0 heterocycles. The van der Waals surface area contributed by atoms with Crippen molar-refractivity contribution in [2.75, 3.05) is 13.7 Å². The van der Waals surface area contributed by atoms with Gasteiger partial charge in [-0.05, 0) is 54.8 Å². The molecule has 0 unspecified atom stereocenters. The molecule has 132 valence electrons. The van der Waals surface area contributed by atoms with Gasteiger partial charge in [0.1, 0.15) is 5.75 Å². The van der Waals surface area contributed by atoms with E-state index in [0.717, 1.165) is 16.7 Å². The van der Waals surface area contributed by atoms with E-state index < -0.39 is 11.8 Å². The van der Waals surface area contributed by atoms with Crippen LogP contribution in [-0.2, 0) is 16.1 Å². The number of aryl methyl sites for hydroxylation is 2. The zero-order chi connectivity index (χ0) is 18.2. The molecule has 0 atom stereocenters. The molecule has 6 nitrogen and oxygen atoms in total. The van der Waals surface area contributed by atoms with Gasteiger partial charge in [0.15, 0.2) is 6.61 Å². The SMILES string of the molecule is COCc1ccc(C(=O)NNC(=O)COc2ccc(C)c(C)c2)cc1. The van der Waals surface area contributed by atoms with Gasteiger partial charge in [0.25, 0.3) is 11.8 Å². The molecule has 0 aliphatic rings. The molecule has 0 aliphatic carbocycles. The van der Waals surface area contributed by atoms with E-state index >= 15 is 0 Å². The number of rotatable bonds is 6. The summed E-state index contributed by atoms with van der Waals surface area (Å²) in [7, 11) is 1.61. The molecule has 0 radical (unpaired) electrons. The molecule has 6 heteroatoms. The Balaban J connectivity index is 1.78. The summed E-state index contributed by atoms with van der Waals surface area (Å²) in [4.78, 5) is 23.8. The number of methoxy groups -OCH3 is 1. The minimum Gasteiger partial charge on any atom is -0.484 e. The minimum absolute atomic E-state index is 0.185. The Labute approximate surface area is 147 Å². The Morgan fingerprint density at radius 2 is 1.68 bits per heavy atom. The zero-order valence-corrected chi connectivity index (χ0v) is 14.6. The fourth-order valence-corrected chi connectivity index (χ4v) is 2.11. The van der Waals surface area contributed by atoms with Crippen LogP contribution < -0.4 is 15.6 Å². The molecule has 2 aromatic rings. The minimum atomic E-state index is -0.442. The molecule has 2 N–H and O–H groups in total. The summed E-state index contributed by atoms with van der Waals surface area (Å²) >= 11 is 0. The summed E-state index contributed by atoms with van der Waals surface area (Å²) in [5, 5.41) is 0. The summed E-state index contributed by atoms with van der Waals surface area (Å²) in [6.07, 6.45) is 0. The van der Waals surface area contributed by atoms with E-state index in [2.05, 4.69) is 10.9 Å². The van der Waals surface area contributed by atoms with Crippen molar-refractivity contribution in [3.05, 3.63) is 64.7 Å². The van der Waals surface area contributed by atoms with Crippen LogP contribution in [0.25, 0.3) is 0 Å². The molecule has 0 fully saturated rings. The highest BCUT2D eigenvalue weighted by Crippen LogP contribution is 2.16. The monoisotopic (exact) mass is 342 g/mol. The highest BCUT2D eigenvalue weighted by Gasteiger charge is 2.08. The topological polar surface area (TPSA) is 76.7 Å². The Morgan fingerprint density at radius 3 is 2.32 bits per heavy atom. The lowest BCUT2D eigenvalue weighted by molar-refractivity contribution is -0.123. The van der Waals surface area contributed by atoms with E-state index in [-0.39, 0.29) is 6.61 Å². The third kappa shape index (κ3) is 5.61. The van der Waals surface area contributed by atoms with Gasteiger partial charge in [-0.15, -0.1) is 0 Å². The average molecular weight is 342 g/mol. The van der Waals surface area contributed by atoms with Crippen molar-refractivity contribution < 1.29 is 19.1 Å². The molecule has 0 saturated heterocycles. The maximum atomic E-state index is 12.0. The van der Waals surface area contributed by atoms with Gasteiger partial charge in [-0.1, -0.05) is 18.2 Å². The van der Waals surface area contributed by atoms with Gasteiger partial charge in [-0.2, -0.15) is 0 Å². The summed E-state index contributed by atoms with van der Waals surface area (Å²) in [6.45, 7) is 4.27. The fraction of sp³-hybridized carbons (Fsp3) is 0.263. The number of ether oxygens (including phenoxy) is 2. The van der Waals surface area contributed by atoms with Crippen molar-refractivity contribution in [3.8, 4) is 5.75 Å². The summed E-state index contributed by atoms with van der Waals surface area (Å²) < 4.78 is 10.4. The predicted molar refractivity (Wildman–Crippen MR) is 94.2 cm³/mol. The molecule has 0 bridgehead atoms. The van der Waals surface area contributed by atoms with Crippen molar-refractivity contribution in [3.63, 3.8) is 0 Å². The second kappa shape index (κ2) is 8.84. The van der Waals surface area contributed by atoms with Crippen molar-refractivity contribution in [2.24, 2.45) is 0 Å². The first kappa shape index (κ1) is 18.5. The Bertz CT molecular complexity index is 742. The molecule has 25 heavy (non-hydrogen) atoms. The number of amides is 2. The molecule has 0 spiro atoms. The van der Waals surface area contributed by atoms with Gasteiger partial charge in [-0.3, -0.25) is 20.4 Å². The van der Waals surface area contributed by atoms with E-state index in [4.69, 9.17) is 9.47 Å². The van der Waals surface area contributed by atoms with Crippen LogP contribution >= 0.6 is 0 Å². The highest BCUT2D eigenvalue weighted by atomic mass is 16.5. The standard InChI is InChI=1S/C19H22N2O4/c1-13-4-9-17(10-14(13)2)25-12-18(22)20-21-19(23)16-7-5-15(6-8-16)11-24-3/h4-10H,11-12H2,1-3H3,(H,20,22)(H,21,23). The van der Waals surface area contributed by atoms with E-state index in [1.54, 1.807) is 37.4 Å². The summed E-state index contributed by atoms with van der Waals surface area (Å²) in [6, 6.07) is 12.5. The number of hydrogen-bond donors (Lipinski definition) is 2. The van der Waals surface area contributed by atoms with E-state index in [1.807, 2.05) is 26.0 Å². The second-order valence-electron chi connectivity index (χ2n) is 5.67. The molecule has 0 aromatic heterocycles. The molecular weight excluding hydrogens is 320 g/mol. The quantitative estimate of drug-likeness (QED) is 0.790. The third-order valence-electron chi connectivity index (χ3n) is 3.69. The zero-order valence-electron chi connectivity index (χ0n) is 14.6. The number of carbonyl (C=O) groups excluding carboxylic acids is 2. The number of benzene rings is 2. The largest absolute Gasteiger partial charge is 0.484 e. The van der Waals surface area contributed by atoms with Crippen molar-refractivity contribution in [1.82, 2.24) is 10.9 Å². The van der Waals surface area contributed by atoms with Crippen molar-refractivity contribution in [1.29, 1.82) is 0 Å². The summed E-state index contributed by atoms with van der Waals surface area (Å²) in [5.41, 5.74) is 8.33. The van der Waals surface area contributed by atoms with Gasteiger partial charge in [0.2, 0.25) is 0 Å². The van der Waals surface area contributed by atoms with Crippen LogP contribution in [0.5, 0.6) is 5.75 Å². The Kier molecular flexibility index (Phi) is 6.54. The van der Waals surface area contributed by atoms with E-state index in [0.29, 0.717) is 17.9 Å². The maximum absolute atomic E-state index is 12.0. The predicted octanol–water partition coefficient (Wildman–Crippen LogP) is 2.29. The van der Waals surface area contributed by atoms with E-state index in [1.165, 1.54) is 0 Å². The Hall–Kier alpha value is -2.86. The number of nitrogens with one attached hydrogen (secondary N) is 2. The lowest BCUT2D eigenvalue weighted by Crippen LogP contribution is -2.43. The van der Waals surface area contributed by atoms with Crippen LogP contribution in [0, 0.1) is 13.8 Å². The van der Waals surface area contributed by atoms with Gasteiger partial charge in [-0.25, -0.2) is 0 Å². The van der Waals surface area contributed by atoms with Crippen molar-refractivity contribution >= 4 is 11.8 Å². The number of carbonyl (C=O) groups is 2. The first-order chi connectivity index (χ1) is 12.0. The van der Waals surface area contributed by atoms with Crippen LogP contribution in [0.3, 0.4) is 0 Å². The van der Waals surface area contributed by atoms with Crippen molar-refractivity contribution in [2.45, 2.75) is 20.5 Å². The highest BCUT2D eigenvalue weighted by molar-refractivity contribution is 5.95. The normalized spacial score (nSPS) is 10.2. The van der Waals surface area contributed by atoms with Crippen LogP contribution in [-0.4, -0.2) is 25.5 Å². The lowest BCUT2D eigenvalue weighted by Gasteiger charge is -2.10. The lowest BCUT2D eigenvalue weighted by atomic mass is 10.1. The molecular formula is C19H22N2O4. The molecule has 2 rings (SSSR count). The average Bonchev–Trinajstić information content (AvgIpc) is 2.61. The van der Waals surface area contributed by atoms with E-state index in [9.17, 15) is 9.59 Å². The first-order valence-corrected chi connectivity index (χ1v) is 7.86. The summed E-state index contributed by atoms with van der Waals surface area (Å²) in [5.74, 6) is -0.232. The molecule has 2 aromatic carbocycles.